The van der Waals surface area contributed by atoms with Crippen LogP contribution in [0.4, 0.5) is 37.5 Å². The zero-order valence-electron chi connectivity index (χ0n) is 15.2. The molecule has 0 bridgehead atoms. The van der Waals surface area contributed by atoms with Crippen molar-refractivity contribution >= 4 is 34.6 Å². The minimum Gasteiger partial charge on any atom is -0.332 e. The molecule has 0 radical (unpaired) electrons. The van der Waals surface area contributed by atoms with Crippen LogP contribution in [0.15, 0.2) is 48.8 Å². The predicted molar refractivity (Wildman–Crippen MR) is 103 cm³/mol. The van der Waals surface area contributed by atoms with Gasteiger partial charge in [-0.3, -0.25) is 35.9 Å². The molecular weight excluding hydrogens is 420 g/mol. The van der Waals surface area contributed by atoms with Crippen LogP contribution in [0.3, 0.4) is 0 Å². The standard InChI is InChI=1S/C17H11F2N7O5/c18-10-3-6-13(12(19)7-10)22-15-14(26(30)31)16(21-8-20-15)23-24-17(27)9-1-4-11(5-2-9)25(28)29/h1-8H,(H,24,27)(H2,20,21,22,23). The fourth-order valence-corrected chi connectivity index (χ4v) is 2.38. The zero-order valence-corrected chi connectivity index (χ0v) is 15.2. The summed E-state index contributed by atoms with van der Waals surface area (Å²) in [6.07, 6.45) is 0.914. The Morgan fingerprint density at radius 1 is 0.935 bits per heavy atom. The quantitative estimate of drug-likeness (QED) is 0.376. The number of carbonyl (C=O) groups is 1. The second-order valence-corrected chi connectivity index (χ2v) is 5.81. The number of rotatable bonds is 7. The predicted octanol–water partition coefficient (Wildman–Crippen LogP) is 3.07. The Hall–Kier alpha value is -4.75. The first kappa shape index (κ1) is 21.0. The molecule has 0 saturated heterocycles. The molecule has 0 atom stereocenters. The molecule has 158 valence electrons. The van der Waals surface area contributed by atoms with Gasteiger partial charge in [-0.25, -0.2) is 18.7 Å². The summed E-state index contributed by atoms with van der Waals surface area (Å²) in [5.41, 5.74) is 3.23. The number of nitrogens with zero attached hydrogens (tertiary/aromatic N) is 4. The van der Waals surface area contributed by atoms with Gasteiger partial charge < -0.3 is 5.32 Å². The van der Waals surface area contributed by atoms with Crippen molar-refractivity contribution in [1.29, 1.82) is 0 Å². The number of hydrazine groups is 1. The van der Waals surface area contributed by atoms with E-state index in [1.165, 1.54) is 12.1 Å². The van der Waals surface area contributed by atoms with Gasteiger partial charge >= 0.3 is 5.69 Å². The molecular formula is C17H11F2N7O5. The van der Waals surface area contributed by atoms with Gasteiger partial charge in [0.25, 0.3) is 11.6 Å². The van der Waals surface area contributed by atoms with Crippen LogP contribution in [-0.4, -0.2) is 25.7 Å². The third kappa shape index (κ3) is 4.81. The van der Waals surface area contributed by atoms with E-state index in [1.54, 1.807) is 0 Å². The summed E-state index contributed by atoms with van der Waals surface area (Å²) in [5.74, 6) is -3.45. The van der Waals surface area contributed by atoms with Gasteiger partial charge in [0.1, 0.15) is 18.0 Å². The molecule has 0 aliphatic heterocycles. The lowest BCUT2D eigenvalue weighted by molar-refractivity contribution is -0.384. The number of nitro groups is 2. The number of hydrogen-bond donors (Lipinski definition) is 3. The average Bonchev–Trinajstić information content (AvgIpc) is 2.74. The van der Waals surface area contributed by atoms with Crippen molar-refractivity contribution in [1.82, 2.24) is 15.4 Å². The Morgan fingerprint density at radius 3 is 2.23 bits per heavy atom. The van der Waals surface area contributed by atoms with Gasteiger partial charge in [0, 0.05) is 23.8 Å². The highest BCUT2D eigenvalue weighted by Crippen LogP contribution is 2.31. The van der Waals surface area contributed by atoms with Crippen molar-refractivity contribution in [2.45, 2.75) is 0 Å². The van der Waals surface area contributed by atoms with Gasteiger partial charge in [-0.15, -0.1) is 0 Å². The number of benzene rings is 2. The number of carbonyl (C=O) groups excluding carboxylic acids is 1. The fraction of sp³-hybridized carbons (Fsp3) is 0. The molecule has 0 fully saturated rings. The lowest BCUT2D eigenvalue weighted by atomic mass is 10.2. The third-order valence-electron chi connectivity index (χ3n) is 3.82. The highest BCUT2D eigenvalue weighted by atomic mass is 19.1. The SMILES string of the molecule is O=C(NNc1ncnc(Nc2ccc(F)cc2F)c1[N+](=O)[O-])c1ccc([N+](=O)[O-])cc1. The van der Waals surface area contributed by atoms with Gasteiger partial charge in [0.05, 0.1) is 15.5 Å². The maximum atomic E-state index is 13.9. The smallest absolute Gasteiger partial charge is 0.332 e. The van der Waals surface area contributed by atoms with Crippen LogP contribution in [-0.2, 0) is 0 Å². The molecule has 12 nitrogen and oxygen atoms in total. The number of hydrogen-bond acceptors (Lipinski definition) is 9. The van der Waals surface area contributed by atoms with Crippen LogP contribution in [0.5, 0.6) is 0 Å². The van der Waals surface area contributed by atoms with Crippen molar-refractivity contribution in [3.8, 4) is 0 Å². The normalized spacial score (nSPS) is 10.3. The van der Waals surface area contributed by atoms with Crippen LogP contribution < -0.4 is 16.2 Å². The number of anilines is 3. The van der Waals surface area contributed by atoms with Gasteiger partial charge in [-0.05, 0) is 24.3 Å². The summed E-state index contributed by atoms with van der Waals surface area (Å²) >= 11 is 0. The summed E-state index contributed by atoms with van der Waals surface area (Å²) < 4.78 is 26.9. The first-order chi connectivity index (χ1) is 14.8. The maximum Gasteiger partial charge on any atom is 0.355 e. The second kappa shape index (κ2) is 8.73. The van der Waals surface area contributed by atoms with Gasteiger partial charge in [-0.2, -0.15) is 0 Å². The largest absolute Gasteiger partial charge is 0.355 e. The Kier molecular flexibility index (Phi) is 5.90. The number of nitro benzene ring substituents is 1. The van der Waals surface area contributed by atoms with Crippen molar-refractivity contribution in [3.05, 3.63) is 86.2 Å². The molecule has 0 saturated carbocycles. The lowest BCUT2D eigenvalue weighted by Crippen LogP contribution is -2.30. The van der Waals surface area contributed by atoms with Crippen LogP contribution in [0.2, 0.25) is 0 Å². The molecule has 3 rings (SSSR count). The van der Waals surface area contributed by atoms with E-state index in [9.17, 15) is 33.8 Å². The number of aromatic nitrogens is 2. The first-order valence-corrected chi connectivity index (χ1v) is 8.28. The summed E-state index contributed by atoms with van der Waals surface area (Å²) in [4.78, 5) is 40.2. The molecule has 31 heavy (non-hydrogen) atoms. The number of halogens is 2. The Bertz CT molecular complexity index is 1170. The number of nitrogens with one attached hydrogen (secondary N) is 3. The van der Waals surface area contributed by atoms with Crippen LogP contribution in [0, 0.1) is 31.9 Å². The second-order valence-electron chi connectivity index (χ2n) is 5.81. The molecule has 3 aromatic rings. The zero-order chi connectivity index (χ0) is 22.5. The van der Waals surface area contributed by atoms with Gasteiger partial charge in [0.2, 0.25) is 11.6 Å². The number of non-ortho nitro benzene ring substituents is 1. The summed E-state index contributed by atoms with van der Waals surface area (Å²) in [5, 5.41) is 24.5. The third-order valence-corrected chi connectivity index (χ3v) is 3.82. The van der Waals surface area contributed by atoms with Crippen LogP contribution in [0.25, 0.3) is 0 Å². The van der Waals surface area contributed by atoms with Crippen molar-refractivity contribution in [3.63, 3.8) is 0 Å². The van der Waals surface area contributed by atoms with E-state index in [0.29, 0.717) is 6.07 Å². The molecule has 2 aromatic carbocycles. The van der Waals surface area contributed by atoms with Crippen molar-refractivity contribution < 1.29 is 23.4 Å². The highest BCUT2D eigenvalue weighted by molar-refractivity contribution is 5.95. The van der Waals surface area contributed by atoms with E-state index in [0.717, 1.165) is 30.6 Å². The molecule has 14 heteroatoms. The first-order valence-electron chi connectivity index (χ1n) is 8.28. The van der Waals surface area contributed by atoms with Gasteiger partial charge in [-0.1, -0.05) is 0 Å². The topological polar surface area (TPSA) is 165 Å². The van der Waals surface area contributed by atoms with E-state index >= 15 is 0 Å². The molecule has 0 aliphatic carbocycles. The maximum absolute atomic E-state index is 13.9. The highest BCUT2D eigenvalue weighted by Gasteiger charge is 2.24. The molecule has 1 aromatic heterocycles. The Morgan fingerprint density at radius 2 is 1.61 bits per heavy atom. The summed E-state index contributed by atoms with van der Waals surface area (Å²) in [6, 6.07) is 7.16. The van der Waals surface area contributed by atoms with E-state index in [2.05, 4.69) is 26.1 Å². The van der Waals surface area contributed by atoms with E-state index < -0.39 is 44.7 Å². The molecule has 1 heterocycles. The average molecular weight is 431 g/mol. The van der Waals surface area contributed by atoms with E-state index in [1.807, 2.05) is 0 Å². The van der Waals surface area contributed by atoms with Crippen molar-refractivity contribution in [2.24, 2.45) is 0 Å². The van der Waals surface area contributed by atoms with Crippen LogP contribution >= 0.6 is 0 Å². The monoisotopic (exact) mass is 431 g/mol. The van der Waals surface area contributed by atoms with Crippen LogP contribution in [0.1, 0.15) is 10.4 Å². The van der Waals surface area contributed by atoms with Gasteiger partial charge in [0.15, 0.2) is 0 Å². The Labute approximate surface area is 171 Å². The minimum absolute atomic E-state index is 0.0292. The summed E-state index contributed by atoms with van der Waals surface area (Å²) in [7, 11) is 0. The molecule has 0 unspecified atom stereocenters. The van der Waals surface area contributed by atoms with Crippen molar-refractivity contribution in [2.75, 3.05) is 10.7 Å². The summed E-state index contributed by atoms with van der Waals surface area (Å²) in [6.45, 7) is 0. The number of amides is 1. The molecule has 0 spiro atoms. The van der Waals surface area contributed by atoms with E-state index in [4.69, 9.17) is 0 Å². The Balaban J connectivity index is 1.81. The fourth-order valence-electron chi connectivity index (χ4n) is 2.38. The van der Waals surface area contributed by atoms with E-state index in [-0.39, 0.29) is 16.9 Å². The minimum atomic E-state index is -1.01. The molecule has 0 aliphatic rings. The molecule has 1 amide bonds. The lowest BCUT2D eigenvalue weighted by Gasteiger charge is -2.11. The molecule has 3 N–H and O–H groups in total.